The van der Waals surface area contributed by atoms with E-state index in [0.29, 0.717) is 18.6 Å². The second-order valence-corrected chi connectivity index (χ2v) is 6.58. The van der Waals surface area contributed by atoms with Crippen molar-refractivity contribution in [1.29, 1.82) is 0 Å². The molecule has 1 atom stereocenters. The predicted octanol–water partition coefficient (Wildman–Crippen LogP) is 2.47. The molecule has 5 heteroatoms. The molecule has 3 rings (SSSR count). The zero-order valence-electron chi connectivity index (χ0n) is 13.8. The lowest BCUT2D eigenvalue weighted by molar-refractivity contribution is -0.922. The van der Waals surface area contributed by atoms with Gasteiger partial charge in [0.1, 0.15) is 11.8 Å². The summed E-state index contributed by atoms with van der Waals surface area (Å²) in [5.74, 6) is 2.45. The summed E-state index contributed by atoms with van der Waals surface area (Å²) >= 11 is 0. The van der Waals surface area contributed by atoms with Gasteiger partial charge in [-0.05, 0) is 11.6 Å². The van der Waals surface area contributed by atoms with Crippen LogP contribution in [0.3, 0.4) is 0 Å². The molecular weight excluding hydrogens is 282 g/mol. The Hall–Kier alpha value is -1.75. The number of nitrogens with zero attached hydrogens (tertiary/aromatic N) is 1. The van der Waals surface area contributed by atoms with E-state index < -0.39 is 0 Å². The van der Waals surface area contributed by atoms with E-state index in [-0.39, 0.29) is 18.6 Å². The Morgan fingerprint density at radius 2 is 2.18 bits per heavy atom. The predicted molar refractivity (Wildman–Crippen MR) is 82.5 cm³/mol. The summed E-state index contributed by atoms with van der Waals surface area (Å²) in [6, 6.07) is 2.16. The number of likely N-dealkylation sites (N-methyl/N-ethyl adjacent to an activating group) is 1. The number of Topliss-reactive ketones (excluding diaryl/α,β-unsaturated/α-hetero) is 1. The number of carbonyl (C=O) groups is 1. The summed E-state index contributed by atoms with van der Waals surface area (Å²) < 4.78 is 17.6. The molecule has 22 heavy (non-hydrogen) atoms. The maximum atomic E-state index is 12.1. The van der Waals surface area contributed by atoms with Crippen LogP contribution < -0.4 is 14.2 Å². The Kier molecular flexibility index (Phi) is 3.77. The van der Waals surface area contributed by atoms with Crippen LogP contribution in [-0.4, -0.2) is 44.8 Å². The molecule has 0 unspecified atom stereocenters. The number of hydrogen-bond acceptors (Lipinski definition) is 4. The van der Waals surface area contributed by atoms with Gasteiger partial charge in [-0.1, -0.05) is 6.92 Å². The van der Waals surface area contributed by atoms with Crippen LogP contribution in [0.5, 0.6) is 17.2 Å². The first-order chi connectivity index (χ1) is 10.5. The molecule has 0 radical (unpaired) electrons. The second-order valence-electron chi connectivity index (χ2n) is 6.58. The third-order valence-electron chi connectivity index (χ3n) is 4.90. The fourth-order valence-corrected chi connectivity index (χ4v) is 3.48. The molecule has 0 aliphatic carbocycles. The molecule has 120 valence electrons. The van der Waals surface area contributed by atoms with Crippen LogP contribution in [-0.2, 0) is 11.2 Å². The van der Waals surface area contributed by atoms with Crippen molar-refractivity contribution in [2.75, 3.05) is 34.5 Å². The normalized spacial score (nSPS) is 21.4. The highest BCUT2D eigenvalue weighted by Gasteiger charge is 2.41. The highest BCUT2D eigenvalue weighted by molar-refractivity contribution is 5.79. The molecule has 1 aromatic carbocycles. The summed E-state index contributed by atoms with van der Waals surface area (Å²) in [5, 5.41) is 0. The van der Waals surface area contributed by atoms with Crippen molar-refractivity contribution >= 4 is 5.78 Å². The molecule has 5 nitrogen and oxygen atoms in total. The first-order valence-electron chi connectivity index (χ1n) is 7.81. The Labute approximate surface area is 131 Å². The van der Waals surface area contributed by atoms with Gasteiger partial charge in [0.05, 0.1) is 39.7 Å². The van der Waals surface area contributed by atoms with E-state index in [1.807, 2.05) is 6.92 Å². The van der Waals surface area contributed by atoms with E-state index in [4.69, 9.17) is 14.2 Å². The number of benzene rings is 1. The van der Waals surface area contributed by atoms with Crippen molar-refractivity contribution in [2.24, 2.45) is 0 Å². The maximum Gasteiger partial charge on any atom is 0.231 e. The molecule has 2 aliphatic rings. The average molecular weight is 306 g/mol. The minimum atomic E-state index is 0.0978. The first-order valence-corrected chi connectivity index (χ1v) is 7.81. The van der Waals surface area contributed by atoms with E-state index in [0.717, 1.165) is 34.5 Å². The fraction of sp³-hybridized carbons (Fsp3) is 0.588. The van der Waals surface area contributed by atoms with Gasteiger partial charge in [-0.25, -0.2) is 0 Å². The molecule has 0 amide bonds. The van der Waals surface area contributed by atoms with Gasteiger partial charge in [-0.3, -0.25) is 4.79 Å². The number of ketones is 1. The summed E-state index contributed by atoms with van der Waals surface area (Å²) in [7, 11) is 6.02. The van der Waals surface area contributed by atoms with Gasteiger partial charge in [-0.2, -0.15) is 0 Å². The van der Waals surface area contributed by atoms with Crippen LogP contribution in [0.2, 0.25) is 0 Å². The van der Waals surface area contributed by atoms with Crippen molar-refractivity contribution in [3.05, 3.63) is 17.2 Å². The largest absolute Gasteiger partial charge is 0.492 e. The Balaban J connectivity index is 2.14. The van der Waals surface area contributed by atoms with Crippen molar-refractivity contribution in [1.82, 2.24) is 0 Å². The summed E-state index contributed by atoms with van der Waals surface area (Å²) in [5.41, 5.74) is 2.33. The second kappa shape index (κ2) is 5.47. The average Bonchev–Trinajstić information content (AvgIpc) is 2.95. The maximum absolute atomic E-state index is 12.1. The van der Waals surface area contributed by atoms with Gasteiger partial charge in [0.25, 0.3) is 0 Å². The molecule has 2 aliphatic heterocycles. The van der Waals surface area contributed by atoms with Gasteiger partial charge in [0.2, 0.25) is 12.5 Å². The van der Waals surface area contributed by atoms with Gasteiger partial charge in [-0.15, -0.1) is 0 Å². The van der Waals surface area contributed by atoms with E-state index in [1.54, 1.807) is 7.11 Å². The quantitative estimate of drug-likeness (QED) is 0.802. The molecule has 0 saturated heterocycles. The van der Waals surface area contributed by atoms with Crippen molar-refractivity contribution in [3.63, 3.8) is 0 Å². The van der Waals surface area contributed by atoms with Gasteiger partial charge in [0, 0.05) is 12.8 Å². The molecule has 0 fully saturated rings. The Bertz CT molecular complexity index is 609. The van der Waals surface area contributed by atoms with Crippen molar-refractivity contribution in [2.45, 2.75) is 32.2 Å². The molecule has 1 aromatic rings. The van der Waals surface area contributed by atoms with E-state index in [9.17, 15) is 4.79 Å². The molecule has 0 aromatic heterocycles. The topological polar surface area (TPSA) is 44.8 Å². The summed E-state index contributed by atoms with van der Waals surface area (Å²) in [4.78, 5) is 12.1. The smallest absolute Gasteiger partial charge is 0.231 e. The Morgan fingerprint density at radius 3 is 2.86 bits per heavy atom. The van der Waals surface area contributed by atoms with E-state index >= 15 is 0 Å². The number of ether oxygens (including phenoxy) is 3. The lowest BCUT2D eigenvalue weighted by atomic mass is 9.86. The standard InChI is InChI=1S/C17H24NO4/c1-5-12(19)9-13-15-11(6-7-18(13,2)3)8-14-16(17(15)20-4)22-10-21-14/h8,13H,5-7,9-10H2,1-4H3/q+1/t13-/m0/s1. The number of fused-ring (bicyclic) bond motifs is 2. The van der Waals surface area contributed by atoms with Crippen LogP contribution in [0, 0.1) is 0 Å². The number of carbonyl (C=O) groups excluding carboxylic acids is 1. The van der Waals surface area contributed by atoms with Crippen molar-refractivity contribution in [3.8, 4) is 17.2 Å². The van der Waals surface area contributed by atoms with Crippen LogP contribution >= 0.6 is 0 Å². The molecule has 0 N–H and O–H groups in total. The minimum absolute atomic E-state index is 0.0978. The van der Waals surface area contributed by atoms with Crippen LogP contribution in [0.4, 0.5) is 0 Å². The van der Waals surface area contributed by atoms with Crippen LogP contribution in [0.15, 0.2) is 6.07 Å². The number of quaternary nitrogens is 1. The lowest BCUT2D eigenvalue weighted by Crippen LogP contribution is -2.48. The van der Waals surface area contributed by atoms with Gasteiger partial charge >= 0.3 is 0 Å². The van der Waals surface area contributed by atoms with E-state index in [2.05, 4.69) is 20.2 Å². The molecule has 0 bridgehead atoms. The van der Waals surface area contributed by atoms with Gasteiger partial charge in [0.15, 0.2) is 11.5 Å². The minimum Gasteiger partial charge on any atom is -0.492 e. The van der Waals surface area contributed by atoms with Gasteiger partial charge < -0.3 is 18.7 Å². The van der Waals surface area contributed by atoms with Crippen molar-refractivity contribution < 1.29 is 23.5 Å². The molecular formula is C17H24NO4+. The SMILES string of the molecule is CCC(=O)C[C@H]1c2c(cc3c(c2OC)OCO3)CC[N+]1(C)C. The fourth-order valence-electron chi connectivity index (χ4n) is 3.48. The molecule has 0 spiro atoms. The molecule has 0 saturated carbocycles. The summed E-state index contributed by atoms with van der Waals surface area (Å²) in [6.45, 7) is 3.14. The number of rotatable bonds is 4. The monoisotopic (exact) mass is 306 g/mol. The lowest BCUT2D eigenvalue weighted by Gasteiger charge is -2.43. The highest BCUT2D eigenvalue weighted by Crippen LogP contribution is 2.51. The molecule has 2 heterocycles. The van der Waals surface area contributed by atoms with Crippen LogP contribution in [0.1, 0.15) is 36.9 Å². The zero-order chi connectivity index (χ0) is 15.9. The Morgan fingerprint density at radius 1 is 1.41 bits per heavy atom. The third-order valence-corrected chi connectivity index (χ3v) is 4.90. The number of hydrogen-bond donors (Lipinski definition) is 0. The third kappa shape index (κ3) is 2.33. The zero-order valence-corrected chi connectivity index (χ0v) is 13.8. The van der Waals surface area contributed by atoms with Crippen LogP contribution in [0.25, 0.3) is 0 Å². The van der Waals surface area contributed by atoms with E-state index in [1.165, 1.54) is 5.56 Å². The highest BCUT2D eigenvalue weighted by atomic mass is 16.7. The first kappa shape index (κ1) is 15.2. The number of methoxy groups -OCH3 is 1. The summed E-state index contributed by atoms with van der Waals surface area (Å²) in [6.07, 6.45) is 2.05.